The molecule has 9 nitrogen and oxygen atoms in total. The van der Waals surface area contributed by atoms with Crippen molar-refractivity contribution in [3.05, 3.63) is 95.6 Å². The van der Waals surface area contributed by atoms with Crippen LogP contribution in [0.15, 0.2) is 83.8 Å². The zero-order chi connectivity index (χ0) is 26.1. The maximum atomic E-state index is 13.1. The van der Waals surface area contributed by atoms with Crippen LogP contribution >= 0.6 is 0 Å². The van der Waals surface area contributed by atoms with Crippen LogP contribution in [-0.4, -0.2) is 46.3 Å². The molecule has 0 unspecified atom stereocenters. The molecule has 36 heavy (non-hydrogen) atoms. The number of rotatable bonds is 11. The van der Waals surface area contributed by atoms with Crippen molar-refractivity contribution in [1.82, 2.24) is 10.0 Å². The van der Waals surface area contributed by atoms with Crippen LogP contribution in [0.4, 0.5) is 0 Å². The molecule has 0 saturated carbocycles. The Kier molecular flexibility index (Phi) is 8.93. The minimum atomic E-state index is -3.89. The van der Waals surface area contributed by atoms with Gasteiger partial charge in [-0.1, -0.05) is 48.0 Å². The molecule has 0 fully saturated rings. The second kappa shape index (κ2) is 12.1. The van der Waals surface area contributed by atoms with E-state index >= 15 is 0 Å². The molecule has 2 N–H and O–H groups in total. The van der Waals surface area contributed by atoms with E-state index in [1.807, 2.05) is 6.92 Å². The fraction of sp³-hybridized carbons (Fsp3) is 0.192. The summed E-state index contributed by atoms with van der Waals surface area (Å²) in [6.45, 7) is 0.698. The Labute approximate surface area is 209 Å². The Balaban J connectivity index is 1.60. The maximum absolute atomic E-state index is 13.1. The molecule has 0 aliphatic carbocycles. The predicted molar refractivity (Wildman–Crippen MR) is 132 cm³/mol. The van der Waals surface area contributed by atoms with Crippen molar-refractivity contribution in [2.75, 3.05) is 20.2 Å². The number of hydrogen-bond donors (Lipinski definition) is 2. The van der Waals surface area contributed by atoms with Crippen LogP contribution < -0.4 is 14.8 Å². The number of carbonyl (C=O) groups excluding carboxylic acids is 3. The smallest absolute Gasteiger partial charge is 0.326 e. The number of sulfonamides is 1. The summed E-state index contributed by atoms with van der Waals surface area (Å²) in [7, 11) is -2.39. The topological polar surface area (TPSA) is 128 Å². The highest BCUT2D eigenvalue weighted by atomic mass is 32.2. The lowest BCUT2D eigenvalue weighted by atomic mass is 9.99. The van der Waals surface area contributed by atoms with Crippen molar-refractivity contribution >= 4 is 27.7 Å². The molecule has 3 rings (SSSR count). The molecule has 0 spiro atoms. The molecule has 0 bridgehead atoms. The predicted octanol–water partition coefficient (Wildman–Crippen LogP) is 2.57. The first kappa shape index (κ1) is 26.6. The largest absolute Gasteiger partial charge is 0.497 e. The molecular formula is C26H26N2O7S. The minimum absolute atomic E-state index is 0.0167. The van der Waals surface area contributed by atoms with Crippen LogP contribution in [0.5, 0.6) is 5.75 Å². The Bertz CT molecular complexity index is 1310. The number of amides is 1. The zero-order valence-corrected chi connectivity index (χ0v) is 20.6. The molecular weight excluding hydrogens is 484 g/mol. The first-order valence-corrected chi connectivity index (χ1v) is 12.4. The van der Waals surface area contributed by atoms with Gasteiger partial charge in [0.25, 0.3) is 0 Å². The van der Waals surface area contributed by atoms with Crippen LogP contribution in [0, 0.1) is 6.92 Å². The van der Waals surface area contributed by atoms with Crippen molar-refractivity contribution in [3.8, 4) is 5.75 Å². The highest BCUT2D eigenvalue weighted by Gasteiger charge is 2.26. The Morgan fingerprint density at radius 3 is 2.11 bits per heavy atom. The third-order valence-corrected chi connectivity index (χ3v) is 6.57. The highest BCUT2D eigenvalue weighted by molar-refractivity contribution is 7.89. The molecule has 1 atom stereocenters. The van der Waals surface area contributed by atoms with Gasteiger partial charge < -0.3 is 14.8 Å². The van der Waals surface area contributed by atoms with Crippen LogP contribution in [0.1, 0.15) is 27.6 Å². The number of methoxy groups -OCH3 is 1. The summed E-state index contributed by atoms with van der Waals surface area (Å²) in [5.74, 6) is -1.48. The van der Waals surface area contributed by atoms with Crippen molar-refractivity contribution < 1.29 is 32.3 Å². The molecule has 0 aliphatic rings. The standard InChI is InChI=1S/C26H26N2O7S/c1-18-8-14-22(15-9-18)36(32,33)28-16-23(29)27-17-24(30)35-26(20-6-4-3-5-7-20)25(31)19-10-12-21(34-2)13-11-19/h3-15,26,28H,16-17H2,1-2H3,(H,27,29)/t26-/m0/s1. The van der Waals surface area contributed by atoms with Gasteiger partial charge in [0, 0.05) is 11.1 Å². The van der Waals surface area contributed by atoms with E-state index in [2.05, 4.69) is 10.0 Å². The van der Waals surface area contributed by atoms with Gasteiger partial charge in [-0.05, 0) is 43.3 Å². The third kappa shape index (κ3) is 7.24. The van der Waals surface area contributed by atoms with Crippen LogP contribution in [0.2, 0.25) is 0 Å². The average molecular weight is 511 g/mol. The molecule has 0 heterocycles. The van der Waals surface area contributed by atoms with E-state index in [1.54, 1.807) is 66.7 Å². The number of benzene rings is 3. The first-order valence-electron chi connectivity index (χ1n) is 11.0. The van der Waals surface area contributed by atoms with E-state index in [9.17, 15) is 22.8 Å². The number of hydrogen-bond acceptors (Lipinski definition) is 7. The third-order valence-electron chi connectivity index (χ3n) is 5.15. The van der Waals surface area contributed by atoms with Gasteiger partial charge in [0.2, 0.25) is 21.7 Å². The molecule has 3 aromatic rings. The van der Waals surface area contributed by atoms with E-state index in [-0.39, 0.29) is 4.90 Å². The molecule has 0 aromatic heterocycles. The number of aryl methyl sites for hydroxylation is 1. The minimum Gasteiger partial charge on any atom is -0.497 e. The first-order chi connectivity index (χ1) is 17.2. The summed E-state index contributed by atoms with van der Waals surface area (Å²) >= 11 is 0. The van der Waals surface area contributed by atoms with E-state index in [0.717, 1.165) is 5.56 Å². The lowest BCUT2D eigenvalue weighted by molar-refractivity contribution is -0.147. The van der Waals surface area contributed by atoms with E-state index in [0.29, 0.717) is 16.9 Å². The van der Waals surface area contributed by atoms with Crippen LogP contribution in [0.3, 0.4) is 0 Å². The molecule has 0 saturated heterocycles. The summed E-state index contributed by atoms with van der Waals surface area (Å²) in [6.07, 6.45) is -1.23. The quantitative estimate of drug-likeness (QED) is 0.300. The summed E-state index contributed by atoms with van der Waals surface area (Å²) in [5.41, 5.74) is 1.67. The van der Waals surface area contributed by atoms with Crippen molar-refractivity contribution in [2.45, 2.75) is 17.9 Å². The molecule has 10 heteroatoms. The van der Waals surface area contributed by atoms with Gasteiger partial charge in [-0.15, -0.1) is 0 Å². The second-order valence-corrected chi connectivity index (χ2v) is 9.55. The van der Waals surface area contributed by atoms with Crippen molar-refractivity contribution in [2.24, 2.45) is 0 Å². The fourth-order valence-corrected chi connectivity index (χ4v) is 4.16. The van der Waals surface area contributed by atoms with Gasteiger partial charge >= 0.3 is 5.97 Å². The van der Waals surface area contributed by atoms with Gasteiger partial charge in [-0.25, -0.2) is 13.1 Å². The Morgan fingerprint density at radius 1 is 0.861 bits per heavy atom. The Morgan fingerprint density at radius 2 is 1.50 bits per heavy atom. The normalized spacial score (nSPS) is 11.8. The summed E-state index contributed by atoms with van der Waals surface area (Å²) in [4.78, 5) is 37.7. The van der Waals surface area contributed by atoms with E-state index in [1.165, 1.54) is 19.2 Å². The lowest BCUT2D eigenvalue weighted by Crippen LogP contribution is -2.39. The molecule has 0 aliphatic heterocycles. The summed E-state index contributed by atoms with van der Waals surface area (Å²) in [5, 5.41) is 2.30. The average Bonchev–Trinajstić information content (AvgIpc) is 2.90. The lowest BCUT2D eigenvalue weighted by Gasteiger charge is -2.18. The van der Waals surface area contributed by atoms with Gasteiger partial charge in [-0.2, -0.15) is 0 Å². The van der Waals surface area contributed by atoms with Crippen LogP contribution in [0.25, 0.3) is 0 Å². The number of ketones is 1. The number of carbonyl (C=O) groups is 3. The van der Waals surface area contributed by atoms with E-state index in [4.69, 9.17) is 9.47 Å². The molecule has 188 valence electrons. The van der Waals surface area contributed by atoms with E-state index < -0.39 is 46.9 Å². The summed E-state index contributed by atoms with van der Waals surface area (Å²) < 4.78 is 37.3. The number of ether oxygens (including phenoxy) is 2. The monoisotopic (exact) mass is 510 g/mol. The molecule has 1 amide bonds. The van der Waals surface area contributed by atoms with Crippen molar-refractivity contribution in [3.63, 3.8) is 0 Å². The zero-order valence-electron chi connectivity index (χ0n) is 19.8. The van der Waals surface area contributed by atoms with Gasteiger partial charge in [0.15, 0.2) is 6.10 Å². The van der Waals surface area contributed by atoms with Crippen LogP contribution in [-0.2, 0) is 24.3 Å². The van der Waals surface area contributed by atoms with Gasteiger partial charge in [0.05, 0.1) is 18.6 Å². The fourth-order valence-electron chi connectivity index (χ4n) is 3.18. The number of nitrogens with one attached hydrogen (secondary N) is 2. The van der Waals surface area contributed by atoms with Gasteiger partial charge in [0.1, 0.15) is 12.3 Å². The number of Topliss-reactive ketones (excluding diaryl/α,β-unsaturated/α-hetero) is 1. The molecule has 3 aromatic carbocycles. The summed E-state index contributed by atoms with van der Waals surface area (Å²) in [6, 6.07) is 21.0. The SMILES string of the molecule is COc1ccc(C(=O)[C@@H](OC(=O)CNC(=O)CNS(=O)(=O)c2ccc(C)cc2)c2ccccc2)cc1. The number of esters is 1. The Hall–Kier alpha value is -4.02. The highest BCUT2D eigenvalue weighted by Crippen LogP contribution is 2.24. The molecule has 0 radical (unpaired) electrons. The van der Waals surface area contributed by atoms with Gasteiger partial charge in [-0.3, -0.25) is 14.4 Å². The maximum Gasteiger partial charge on any atom is 0.326 e. The van der Waals surface area contributed by atoms with Crippen molar-refractivity contribution in [1.29, 1.82) is 0 Å². The second-order valence-electron chi connectivity index (χ2n) is 7.79.